The van der Waals surface area contributed by atoms with Crippen molar-refractivity contribution in [3.8, 4) is 0 Å². The quantitative estimate of drug-likeness (QED) is 0.471. The molecule has 3 atom stereocenters. The number of carbonyl (C=O) groups is 3. The third kappa shape index (κ3) is 2.92. The van der Waals surface area contributed by atoms with E-state index in [1.54, 1.807) is 0 Å². The molecule has 1 rings (SSSR count). The Bertz CT molecular complexity index is 398. The molecular formula is C12H21N3O3S. The second kappa shape index (κ2) is 5.92. The largest absolute Gasteiger partial charge is 0.357 e. The van der Waals surface area contributed by atoms with Crippen molar-refractivity contribution >= 4 is 30.4 Å². The van der Waals surface area contributed by atoms with E-state index in [4.69, 9.17) is 5.73 Å². The highest BCUT2D eigenvalue weighted by atomic mass is 32.1. The number of carbonyl (C=O) groups excluding carboxylic acids is 3. The van der Waals surface area contributed by atoms with Crippen LogP contribution in [0.1, 0.15) is 26.7 Å². The number of nitrogens with zero attached hydrogens (tertiary/aromatic N) is 1. The van der Waals surface area contributed by atoms with Gasteiger partial charge in [0, 0.05) is 24.8 Å². The van der Waals surface area contributed by atoms with Crippen molar-refractivity contribution in [2.45, 2.75) is 37.5 Å². The lowest BCUT2D eigenvalue weighted by atomic mass is 9.89. The zero-order chi connectivity index (χ0) is 14.8. The fraction of sp³-hybridized carbons (Fsp3) is 0.750. The van der Waals surface area contributed by atoms with Gasteiger partial charge < -0.3 is 11.1 Å². The van der Waals surface area contributed by atoms with E-state index >= 15 is 0 Å². The van der Waals surface area contributed by atoms with Gasteiger partial charge in [0.25, 0.3) is 0 Å². The molecule has 0 aromatic rings. The molecule has 3 unspecified atom stereocenters. The van der Waals surface area contributed by atoms with Gasteiger partial charge in [-0.3, -0.25) is 19.3 Å². The van der Waals surface area contributed by atoms with Gasteiger partial charge in [-0.05, 0) is 13.3 Å². The third-order valence-corrected chi connectivity index (χ3v) is 4.36. The fourth-order valence-corrected chi connectivity index (χ4v) is 2.41. The summed E-state index contributed by atoms with van der Waals surface area (Å²) in [4.78, 5) is 37.1. The van der Waals surface area contributed by atoms with Crippen LogP contribution < -0.4 is 11.1 Å². The summed E-state index contributed by atoms with van der Waals surface area (Å²) in [7, 11) is 1.45. The summed E-state index contributed by atoms with van der Waals surface area (Å²) >= 11 is 4.46. The van der Waals surface area contributed by atoms with Gasteiger partial charge in [-0.1, -0.05) is 6.92 Å². The van der Waals surface area contributed by atoms with Gasteiger partial charge in [0.2, 0.25) is 17.7 Å². The molecule has 1 fully saturated rings. The van der Waals surface area contributed by atoms with E-state index < -0.39 is 22.6 Å². The van der Waals surface area contributed by atoms with E-state index in [0.29, 0.717) is 6.42 Å². The molecule has 6 nitrogen and oxygen atoms in total. The first-order chi connectivity index (χ1) is 8.80. The Morgan fingerprint density at radius 1 is 1.63 bits per heavy atom. The SMILES string of the molecule is CCC(C)(S)C1CC(=O)N(C(CN)C(=O)NC)C1=O. The lowest BCUT2D eigenvalue weighted by Crippen LogP contribution is -2.53. The van der Waals surface area contributed by atoms with Gasteiger partial charge in [0.1, 0.15) is 6.04 Å². The van der Waals surface area contributed by atoms with Gasteiger partial charge in [0.05, 0.1) is 5.92 Å². The van der Waals surface area contributed by atoms with E-state index in [1.165, 1.54) is 7.05 Å². The van der Waals surface area contributed by atoms with Crippen molar-refractivity contribution in [2.75, 3.05) is 13.6 Å². The molecule has 0 aliphatic carbocycles. The second-order valence-electron chi connectivity index (χ2n) is 4.94. The first-order valence-electron chi connectivity index (χ1n) is 6.30. The average Bonchev–Trinajstić information content (AvgIpc) is 2.68. The van der Waals surface area contributed by atoms with Crippen LogP contribution in [0.25, 0.3) is 0 Å². The molecule has 108 valence electrons. The number of hydrogen-bond acceptors (Lipinski definition) is 5. The number of rotatable bonds is 5. The molecule has 0 spiro atoms. The number of thiol groups is 1. The number of imide groups is 1. The minimum Gasteiger partial charge on any atom is -0.357 e. The summed E-state index contributed by atoms with van der Waals surface area (Å²) < 4.78 is -0.566. The minimum atomic E-state index is -0.934. The maximum atomic E-state index is 12.4. The van der Waals surface area contributed by atoms with Gasteiger partial charge in [0.15, 0.2) is 0 Å². The maximum Gasteiger partial charge on any atom is 0.244 e. The molecule has 1 aliphatic heterocycles. The molecule has 1 saturated heterocycles. The van der Waals surface area contributed by atoms with Crippen molar-refractivity contribution in [3.63, 3.8) is 0 Å². The van der Waals surface area contributed by atoms with Crippen LogP contribution in [0.4, 0.5) is 0 Å². The normalized spacial score (nSPS) is 24.3. The fourth-order valence-electron chi connectivity index (χ4n) is 2.21. The first kappa shape index (κ1) is 16.0. The number of likely N-dealkylation sites (tertiary alicyclic amines) is 1. The van der Waals surface area contributed by atoms with E-state index in [9.17, 15) is 14.4 Å². The van der Waals surface area contributed by atoms with Gasteiger partial charge >= 0.3 is 0 Å². The zero-order valence-electron chi connectivity index (χ0n) is 11.5. The van der Waals surface area contributed by atoms with E-state index in [1.807, 2.05) is 13.8 Å². The van der Waals surface area contributed by atoms with E-state index in [-0.39, 0.29) is 24.8 Å². The lowest BCUT2D eigenvalue weighted by Gasteiger charge is -2.29. The molecule has 3 amide bonds. The molecule has 0 radical (unpaired) electrons. The van der Waals surface area contributed by atoms with Gasteiger partial charge in [-0.2, -0.15) is 12.6 Å². The molecule has 0 aromatic heterocycles. The Morgan fingerprint density at radius 3 is 2.63 bits per heavy atom. The van der Waals surface area contributed by atoms with Crippen LogP contribution in [0.3, 0.4) is 0 Å². The van der Waals surface area contributed by atoms with Crippen molar-refractivity contribution in [1.29, 1.82) is 0 Å². The number of nitrogens with one attached hydrogen (secondary N) is 1. The van der Waals surface area contributed by atoms with Crippen molar-refractivity contribution in [3.05, 3.63) is 0 Å². The predicted octanol–water partition coefficient (Wildman–Crippen LogP) is -0.467. The molecule has 0 aromatic carbocycles. The van der Waals surface area contributed by atoms with Crippen molar-refractivity contribution < 1.29 is 14.4 Å². The Balaban J connectivity index is 3.02. The molecule has 0 saturated carbocycles. The predicted molar refractivity (Wildman–Crippen MR) is 74.6 cm³/mol. The molecule has 3 N–H and O–H groups in total. The Labute approximate surface area is 118 Å². The first-order valence-corrected chi connectivity index (χ1v) is 6.74. The molecule has 1 heterocycles. The number of amides is 3. The van der Waals surface area contributed by atoms with E-state index in [2.05, 4.69) is 17.9 Å². The van der Waals surface area contributed by atoms with E-state index in [0.717, 1.165) is 4.90 Å². The standard InChI is InChI=1S/C12H21N3O3S/c1-4-12(2,19)7-5-9(16)15(11(7)18)8(6-13)10(17)14-3/h7-8,19H,4-6,13H2,1-3H3,(H,14,17). The highest BCUT2D eigenvalue weighted by Crippen LogP contribution is 2.37. The molecular weight excluding hydrogens is 266 g/mol. The number of nitrogens with two attached hydrogens (primary N) is 1. The van der Waals surface area contributed by atoms with Crippen molar-refractivity contribution in [2.24, 2.45) is 11.7 Å². The van der Waals surface area contributed by atoms with Crippen LogP contribution in [-0.2, 0) is 14.4 Å². The highest BCUT2D eigenvalue weighted by molar-refractivity contribution is 7.81. The van der Waals surface area contributed by atoms with Crippen LogP contribution >= 0.6 is 12.6 Å². The number of likely N-dealkylation sites (N-methyl/N-ethyl adjacent to an activating group) is 1. The van der Waals surface area contributed by atoms with Crippen LogP contribution in [0.5, 0.6) is 0 Å². The van der Waals surface area contributed by atoms with Crippen LogP contribution in [0, 0.1) is 5.92 Å². The summed E-state index contributed by atoms with van der Waals surface area (Å²) in [5.41, 5.74) is 5.51. The molecule has 0 bridgehead atoms. The number of hydrogen-bond donors (Lipinski definition) is 3. The lowest BCUT2D eigenvalue weighted by molar-refractivity contribution is -0.147. The highest BCUT2D eigenvalue weighted by Gasteiger charge is 2.49. The van der Waals surface area contributed by atoms with Crippen LogP contribution in [-0.4, -0.2) is 47.0 Å². The summed E-state index contributed by atoms with van der Waals surface area (Å²) in [6, 6.07) is -0.934. The second-order valence-corrected chi connectivity index (χ2v) is 5.96. The summed E-state index contributed by atoms with van der Waals surface area (Å²) in [6.07, 6.45) is 0.737. The summed E-state index contributed by atoms with van der Waals surface area (Å²) in [6.45, 7) is 3.65. The Hall–Kier alpha value is -1.08. The minimum absolute atomic E-state index is 0.0835. The smallest absolute Gasteiger partial charge is 0.244 e. The van der Waals surface area contributed by atoms with Gasteiger partial charge in [-0.15, -0.1) is 0 Å². The summed E-state index contributed by atoms with van der Waals surface area (Å²) in [5, 5.41) is 2.42. The molecule has 1 aliphatic rings. The van der Waals surface area contributed by atoms with Crippen LogP contribution in [0.15, 0.2) is 0 Å². The van der Waals surface area contributed by atoms with Crippen LogP contribution in [0.2, 0.25) is 0 Å². The zero-order valence-corrected chi connectivity index (χ0v) is 12.4. The molecule has 19 heavy (non-hydrogen) atoms. The topological polar surface area (TPSA) is 92.5 Å². The maximum absolute atomic E-state index is 12.4. The Morgan fingerprint density at radius 2 is 2.21 bits per heavy atom. The third-order valence-electron chi connectivity index (χ3n) is 3.73. The van der Waals surface area contributed by atoms with Crippen molar-refractivity contribution in [1.82, 2.24) is 10.2 Å². The Kier molecular flexibility index (Phi) is 4.98. The summed E-state index contributed by atoms with van der Waals surface area (Å²) in [5.74, 6) is -1.65. The van der Waals surface area contributed by atoms with Gasteiger partial charge in [-0.25, -0.2) is 0 Å². The monoisotopic (exact) mass is 287 g/mol. The molecule has 7 heteroatoms. The average molecular weight is 287 g/mol.